The highest BCUT2D eigenvalue weighted by atomic mass is 35.5. The molecule has 2 aliphatic rings. The topological polar surface area (TPSA) is 192 Å². The number of rotatable bonds is 19. The predicted molar refractivity (Wildman–Crippen MR) is 256 cm³/mol. The van der Waals surface area contributed by atoms with Gasteiger partial charge in [0.25, 0.3) is 0 Å². The number of hydrogen-bond acceptors (Lipinski definition) is 8. The molecule has 0 saturated carbocycles. The summed E-state index contributed by atoms with van der Waals surface area (Å²) < 4.78 is 6.49. The molecule has 4 atom stereocenters. The van der Waals surface area contributed by atoms with Crippen LogP contribution in [0.5, 0.6) is 11.5 Å². The fourth-order valence-electron chi connectivity index (χ4n) is 8.78. The summed E-state index contributed by atoms with van der Waals surface area (Å²) in [6.45, 7) is 5.93. The standard InChI is InChI=1S/C49H57Cl2N7O6/c1-29(2)38(52)25-55-39(13-8-20-54-49(53)63)48(62)56-33-18-16-30(17-19-33)28-64-43-22-41-47(37-12-6-4-10-35(37)43)32(24-51)27-58(41)45(61)15-7-14-44(60)57-26-31(23-50)46-36-11-5-3-9-34(36)42(59)21-40(46)57/h3-6,9-12,16-19,21-22,29,31-32,38-39,55,59H,7-8,13-15,20,23-28,52H2,1-2H3,(H,56,62)(H3,53,54,63)/t31-,32-,38+,39+/m1/s1. The molecular weight excluding hydrogens is 853 g/mol. The number of carbonyl (C=O) groups excluding carboxylic acids is 4. The van der Waals surface area contributed by atoms with Gasteiger partial charge in [0, 0.05) is 97.3 Å². The molecule has 64 heavy (non-hydrogen) atoms. The molecule has 0 unspecified atom stereocenters. The van der Waals surface area contributed by atoms with Crippen LogP contribution in [0, 0.1) is 5.92 Å². The minimum absolute atomic E-state index is 0.0725. The van der Waals surface area contributed by atoms with Gasteiger partial charge in [0.15, 0.2) is 0 Å². The van der Waals surface area contributed by atoms with Gasteiger partial charge in [-0.3, -0.25) is 14.4 Å². The number of carbonyl (C=O) groups is 4. The summed E-state index contributed by atoms with van der Waals surface area (Å²) in [5, 5.41) is 23.1. The van der Waals surface area contributed by atoms with Crippen LogP contribution in [0.2, 0.25) is 0 Å². The highest BCUT2D eigenvalue weighted by molar-refractivity contribution is 6.19. The molecule has 8 N–H and O–H groups in total. The van der Waals surface area contributed by atoms with Gasteiger partial charge in [-0.2, -0.15) is 0 Å². The quantitative estimate of drug-likeness (QED) is 0.0357. The SMILES string of the molecule is CC(C)[C@@H](N)CN[C@@H](CCCNC(N)=O)C(=O)Nc1ccc(COc2cc3c(c4ccccc24)[C@H](CCl)CN3C(=O)CCCC(=O)N2C[C@@H](CCl)c3c2cc(O)c2ccccc32)cc1. The Morgan fingerprint density at radius 2 is 1.36 bits per heavy atom. The lowest BCUT2D eigenvalue weighted by molar-refractivity contribution is -0.120. The Balaban J connectivity index is 1.01. The molecule has 0 aliphatic carbocycles. The molecule has 0 aromatic heterocycles. The molecule has 2 aliphatic heterocycles. The fraction of sp³-hybridized carbons (Fsp3) is 0.388. The first-order valence-electron chi connectivity index (χ1n) is 22.0. The molecule has 15 heteroatoms. The van der Waals surface area contributed by atoms with Crippen molar-refractivity contribution in [1.29, 1.82) is 0 Å². The zero-order valence-electron chi connectivity index (χ0n) is 36.2. The number of halogens is 2. The van der Waals surface area contributed by atoms with Gasteiger partial charge < -0.3 is 47.1 Å². The molecule has 5 aromatic carbocycles. The van der Waals surface area contributed by atoms with Gasteiger partial charge in [-0.1, -0.05) is 74.5 Å². The number of nitrogens with zero attached hydrogens (tertiary/aromatic N) is 2. The van der Waals surface area contributed by atoms with Gasteiger partial charge in [0.05, 0.1) is 17.4 Å². The van der Waals surface area contributed by atoms with Gasteiger partial charge in [-0.05, 0) is 64.8 Å². The van der Waals surface area contributed by atoms with Crippen molar-refractivity contribution in [2.45, 2.75) is 76.5 Å². The average molecular weight is 911 g/mol. The highest BCUT2D eigenvalue weighted by Crippen LogP contribution is 2.47. The Bertz CT molecular complexity index is 2500. The summed E-state index contributed by atoms with van der Waals surface area (Å²) >= 11 is 13.0. The first-order valence-corrected chi connectivity index (χ1v) is 23.0. The monoisotopic (exact) mass is 909 g/mol. The molecule has 0 bridgehead atoms. The number of hydrogen-bond donors (Lipinski definition) is 6. The first-order chi connectivity index (χ1) is 30.9. The second-order valence-corrected chi connectivity index (χ2v) is 17.7. The number of phenols is 1. The summed E-state index contributed by atoms with van der Waals surface area (Å²) in [6, 6.07) is 25.3. The first kappa shape index (κ1) is 46.4. The van der Waals surface area contributed by atoms with E-state index < -0.39 is 12.1 Å². The van der Waals surface area contributed by atoms with Crippen LogP contribution in [-0.4, -0.2) is 78.9 Å². The Hall–Kier alpha value is -5.60. The maximum absolute atomic E-state index is 14.0. The summed E-state index contributed by atoms with van der Waals surface area (Å²) in [7, 11) is 0. The predicted octanol–water partition coefficient (Wildman–Crippen LogP) is 7.81. The van der Waals surface area contributed by atoms with Crippen LogP contribution < -0.4 is 42.0 Å². The van der Waals surface area contributed by atoms with Gasteiger partial charge in [0.2, 0.25) is 17.7 Å². The molecule has 0 spiro atoms. The molecule has 0 fully saturated rings. The second-order valence-electron chi connectivity index (χ2n) is 17.1. The van der Waals surface area contributed by atoms with E-state index in [9.17, 15) is 24.3 Å². The van der Waals surface area contributed by atoms with E-state index >= 15 is 0 Å². The van der Waals surface area contributed by atoms with E-state index in [2.05, 4.69) is 16.0 Å². The lowest BCUT2D eigenvalue weighted by Crippen LogP contribution is -2.47. The number of alkyl halides is 2. The van der Waals surface area contributed by atoms with Crippen molar-refractivity contribution in [2.75, 3.05) is 53.1 Å². The molecule has 7 rings (SSSR count). The van der Waals surface area contributed by atoms with Gasteiger partial charge in [-0.15, -0.1) is 23.2 Å². The number of nitrogens with two attached hydrogens (primary N) is 2. The number of aromatic hydroxyl groups is 1. The number of primary amides is 1. The summed E-state index contributed by atoms with van der Waals surface area (Å²) in [6.07, 6.45) is 1.68. The Kier molecular flexibility index (Phi) is 15.2. The third-order valence-electron chi connectivity index (χ3n) is 12.4. The van der Waals surface area contributed by atoms with E-state index in [4.69, 9.17) is 39.4 Å². The van der Waals surface area contributed by atoms with Gasteiger partial charge in [0.1, 0.15) is 18.1 Å². The van der Waals surface area contributed by atoms with Crippen molar-refractivity contribution in [3.63, 3.8) is 0 Å². The Morgan fingerprint density at radius 1 is 0.797 bits per heavy atom. The maximum Gasteiger partial charge on any atom is 0.312 e. The van der Waals surface area contributed by atoms with E-state index in [1.54, 1.807) is 15.9 Å². The second kappa shape index (κ2) is 20.9. The zero-order valence-corrected chi connectivity index (χ0v) is 37.8. The summed E-state index contributed by atoms with van der Waals surface area (Å²) in [5.41, 5.74) is 16.3. The number of amides is 5. The molecule has 0 radical (unpaired) electrons. The molecule has 5 aromatic rings. The van der Waals surface area contributed by atoms with E-state index in [1.165, 1.54) is 0 Å². The summed E-state index contributed by atoms with van der Waals surface area (Å²) in [5.74, 6) is 1.03. The Labute approximate surface area is 383 Å². The molecule has 5 amide bonds. The van der Waals surface area contributed by atoms with Crippen LogP contribution in [0.1, 0.15) is 74.5 Å². The number of fused-ring (bicyclic) bond motifs is 6. The molecule has 2 heterocycles. The highest BCUT2D eigenvalue weighted by Gasteiger charge is 2.36. The number of anilines is 3. The lowest BCUT2D eigenvalue weighted by atomic mass is 9.95. The van der Waals surface area contributed by atoms with Crippen molar-refractivity contribution in [1.82, 2.24) is 10.6 Å². The molecular formula is C49H57Cl2N7O6. The fourth-order valence-corrected chi connectivity index (χ4v) is 9.28. The van der Waals surface area contributed by atoms with Crippen molar-refractivity contribution >= 4 is 85.6 Å². The van der Waals surface area contributed by atoms with Crippen LogP contribution in [0.25, 0.3) is 21.5 Å². The van der Waals surface area contributed by atoms with Crippen molar-refractivity contribution in [2.24, 2.45) is 17.4 Å². The third kappa shape index (κ3) is 10.3. The third-order valence-corrected chi connectivity index (χ3v) is 13.1. The van der Waals surface area contributed by atoms with Crippen molar-refractivity contribution in [3.05, 3.63) is 102 Å². The van der Waals surface area contributed by atoms with Crippen LogP contribution >= 0.6 is 23.2 Å². The molecule has 0 saturated heterocycles. The number of benzene rings is 5. The Morgan fingerprint density at radius 3 is 1.94 bits per heavy atom. The number of ether oxygens (including phenoxy) is 1. The zero-order chi connectivity index (χ0) is 45.5. The van der Waals surface area contributed by atoms with Gasteiger partial charge >= 0.3 is 6.03 Å². The van der Waals surface area contributed by atoms with Crippen LogP contribution in [0.3, 0.4) is 0 Å². The number of urea groups is 1. The summed E-state index contributed by atoms with van der Waals surface area (Å²) in [4.78, 5) is 55.7. The van der Waals surface area contributed by atoms with Crippen molar-refractivity contribution in [3.8, 4) is 11.5 Å². The smallest absolute Gasteiger partial charge is 0.312 e. The molecule has 13 nitrogen and oxygen atoms in total. The minimum Gasteiger partial charge on any atom is -0.507 e. The van der Waals surface area contributed by atoms with Crippen LogP contribution in [0.15, 0.2) is 84.9 Å². The molecule has 338 valence electrons. The maximum atomic E-state index is 14.0. The van der Waals surface area contributed by atoms with Gasteiger partial charge in [-0.25, -0.2) is 4.79 Å². The van der Waals surface area contributed by atoms with E-state index in [-0.39, 0.29) is 66.7 Å². The largest absolute Gasteiger partial charge is 0.507 e. The van der Waals surface area contributed by atoms with E-state index in [1.807, 2.05) is 92.7 Å². The van der Waals surface area contributed by atoms with Crippen LogP contribution in [0.4, 0.5) is 21.9 Å². The number of phenolic OH excluding ortho intramolecular Hbond substituents is 1. The minimum atomic E-state index is -0.608. The normalized spacial score (nSPS) is 16.5. The number of nitrogens with one attached hydrogen (secondary N) is 3. The van der Waals surface area contributed by atoms with E-state index in [0.29, 0.717) is 74.3 Å². The van der Waals surface area contributed by atoms with Crippen LogP contribution in [-0.2, 0) is 21.0 Å². The van der Waals surface area contributed by atoms with Crippen molar-refractivity contribution < 1.29 is 29.0 Å². The average Bonchev–Trinajstić information content (AvgIpc) is 3.87. The van der Waals surface area contributed by atoms with E-state index in [0.717, 1.165) is 43.9 Å². The lowest BCUT2D eigenvalue weighted by Gasteiger charge is -2.22.